The Bertz CT molecular complexity index is 1990. The summed E-state index contributed by atoms with van der Waals surface area (Å²) in [6.07, 6.45) is 59.7. The van der Waals surface area contributed by atoms with E-state index in [2.05, 4.69) is 55.4 Å². The number of unbranched alkanes of at least 4 members (excludes halogenated alkanes) is 45. The maximum absolute atomic E-state index is 13.1. The van der Waals surface area contributed by atoms with Crippen LogP contribution >= 0.6 is 15.6 Å². The molecule has 102 heavy (non-hydrogen) atoms. The quantitative estimate of drug-likeness (QED) is 0.0222. The lowest BCUT2D eigenvalue weighted by molar-refractivity contribution is -0.161. The summed E-state index contributed by atoms with van der Waals surface area (Å²) < 4.78 is 68.8. The Morgan fingerprint density at radius 3 is 0.696 bits per heavy atom. The fourth-order valence-electron chi connectivity index (χ4n) is 12.8. The fraction of sp³-hybridized carbons (Fsp3) is 0.952. The molecule has 0 rings (SSSR count). The van der Waals surface area contributed by atoms with Gasteiger partial charge in [-0.05, 0) is 49.4 Å². The molecule has 3 N–H and O–H groups in total. The Kier molecular flexibility index (Phi) is 70.6. The molecule has 3 unspecified atom stereocenters. The molecular formula is C83H162O17P2. The Labute approximate surface area is 626 Å². The van der Waals surface area contributed by atoms with E-state index in [-0.39, 0.29) is 25.7 Å². The van der Waals surface area contributed by atoms with Gasteiger partial charge in [-0.2, -0.15) is 0 Å². The number of carbonyl (C=O) groups is 4. The molecular weight excluding hydrogens is 1330 g/mol. The van der Waals surface area contributed by atoms with Gasteiger partial charge in [0, 0.05) is 25.7 Å². The van der Waals surface area contributed by atoms with E-state index in [1.807, 2.05) is 0 Å². The van der Waals surface area contributed by atoms with E-state index in [4.69, 9.17) is 37.0 Å². The molecule has 0 aliphatic carbocycles. The largest absolute Gasteiger partial charge is 0.472 e. The van der Waals surface area contributed by atoms with E-state index >= 15 is 0 Å². The van der Waals surface area contributed by atoms with Gasteiger partial charge in [0.2, 0.25) is 0 Å². The number of aliphatic hydroxyl groups is 1. The molecule has 0 radical (unpaired) electrons. The molecule has 0 aromatic rings. The number of phosphoric acid groups is 2. The zero-order chi connectivity index (χ0) is 75.3. The average molecular weight is 1490 g/mol. The van der Waals surface area contributed by atoms with Crippen LogP contribution in [-0.4, -0.2) is 96.7 Å². The number of esters is 4. The fourth-order valence-corrected chi connectivity index (χ4v) is 14.3. The first kappa shape index (κ1) is 100. The molecule has 6 atom stereocenters. The van der Waals surface area contributed by atoms with Crippen LogP contribution in [0.2, 0.25) is 0 Å². The van der Waals surface area contributed by atoms with Crippen LogP contribution in [0.3, 0.4) is 0 Å². The normalized spacial score (nSPS) is 14.3. The third-order valence-electron chi connectivity index (χ3n) is 19.7. The van der Waals surface area contributed by atoms with Crippen molar-refractivity contribution in [2.45, 2.75) is 446 Å². The number of rotatable bonds is 80. The summed E-state index contributed by atoms with van der Waals surface area (Å²) in [5.41, 5.74) is 0. The van der Waals surface area contributed by atoms with E-state index in [1.54, 1.807) is 0 Å². The van der Waals surface area contributed by atoms with Crippen LogP contribution in [0, 0.1) is 23.7 Å². The van der Waals surface area contributed by atoms with Crippen molar-refractivity contribution < 1.29 is 80.2 Å². The Hall–Kier alpha value is -1.94. The monoisotopic (exact) mass is 1490 g/mol. The lowest BCUT2D eigenvalue weighted by atomic mass is 10.00. The van der Waals surface area contributed by atoms with E-state index in [0.717, 1.165) is 120 Å². The van der Waals surface area contributed by atoms with Crippen molar-refractivity contribution in [2.75, 3.05) is 39.6 Å². The predicted molar refractivity (Wildman–Crippen MR) is 418 cm³/mol. The number of ether oxygens (including phenoxy) is 4. The Morgan fingerprint density at radius 1 is 0.275 bits per heavy atom. The predicted octanol–water partition coefficient (Wildman–Crippen LogP) is 24.8. The molecule has 0 spiro atoms. The molecule has 0 bridgehead atoms. The standard InChI is InChI=1S/C83H162O17P2/c1-9-76(8)62-54-46-41-42-48-56-64-81(86)94-70-79(100-83(88)65-57-49-39-33-27-19-15-13-11-10-12-14-17-23-29-35-43-51-59-73(2)3)72-98-102(91,92)96-68-77(84)67-95-101(89,90)97-71-78(99-82(87)66-58-50-40-34-28-22-21-25-31-37-45-53-61-75(6)7)69-93-80(85)63-55-47-38-32-26-20-16-18-24-30-36-44-52-60-74(4)5/h73-79,84H,9-72H2,1-8H3,(H,89,90)(H,91,92)/t76?,77-,78-,79-/m1/s1. The lowest BCUT2D eigenvalue weighted by Gasteiger charge is -2.21. The first-order valence-electron chi connectivity index (χ1n) is 42.7. The van der Waals surface area contributed by atoms with Gasteiger partial charge in [0.25, 0.3) is 0 Å². The third-order valence-corrected chi connectivity index (χ3v) is 21.6. The second kappa shape index (κ2) is 72.0. The summed E-state index contributed by atoms with van der Waals surface area (Å²) in [6.45, 7) is 14.3. The maximum atomic E-state index is 13.1. The zero-order valence-electron chi connectivity index (χ0n) is 67.2. The minimum absolute atomic E-state index is 0.107. The van der Waals surface area contributed by atoms with Gasteiger partial charge in [-0.1, -0.05) is 376 Å². The van der Waals surface area contributed by atoms with E-state index in [0.29, 0.717) is 25.7 Å². The minimum Gasteiger partial charge on any atom is -0.462 e. The Morgan fingerprint density at radius 2 is 0.471 bits per heavy atom. The summed E-state index contributed by atoms with van der Waals surface area (Å²) in [5.74, 6) is 1.01. The summed E-state index contributed by atoms with van der Waals surface area (Å²) in [7, 11) is -9.93. The van der Waals surface area contributed by atoms with Gasteiger partial charge in [-0.25, -0.2) is 9.13 Å². The molecule has 0 amide bonds. The first-order chi connectivity index (χ1) is 49.1. The number of aliphatic hydroxyl groups excluding tert-OH is 1. The van der Waals surface area contributed by atoms with E-state index < -0.39 is 97.5 Å². The molecule has 0 saturated heterocycles. The van der Waals surface area contributed by atoms with E-state index in [9.17, 15) is 43.2 Å². The highest BCUT2D eigenvalue weighted by molar-refractivity contribution is 7.47. The van der Waals surface area contributed by atoms with Crippen LogP contribution in [-0.2, 0) is 65.4 Å². The topological polar surface area (TPSA) is 237 Å². The molecule has 0 saturated carbocycles. The van der Waals surface area contributed by atoms with Crippen LogP contribution in [0.5, 0.6) is 0 Å². The highest BCUT2D eigenvalue weighted by Crippen LogP contribution is 2.45. The zero-order valence-corrected chi connectivity index (χ0v) is 69.0. The third kappa shape index (κ3) is 74.9. The molecule has 0 aliphatic rings. The van der Waals surface area contributed by atoms with Crippen molar-refractivity contribution in [3.8, 4) is 0 Å². The van der Waals surface area contributed by atoms with Gasteiger partial charge in [-0.3, -0.25) is 37.3 Å². The van der Waals surface area contributed by atoms with Gasteiger partial charge in [-0.15, -0.1) is 0 Å². The molecule has 0 aliphatic heterocycles. The van der Waals surface area contributed by atoms with Crippen LogP contribution in [0.1, 0.15) is 428 Å². The summed E-state index contributed by atoms with van der Waals surface area (Å²) in [4.78, 5) is 73.1. The van der Waals surface area contributed by atoms with Crippen LogP contribution < -0.4 is 0 Å². The van der Waals surface area contributed by atoms with Gasteiger partial charge < -0.3 is 33.8 Å². The lowest BCUT2D eigenvalue weighted by Crippen LogP contribution is -2.30. The summed E-state index contributed by atoms with van der Waals surface area (Å²) in [6, 6.07) is 0. The van der Waals surface area contributed by atoms with Crippen molar-refractivity contribution in [2.24, 2.45) is 23.7 Å². The molecule has 0 fully saturated rings. The molecule has 606 valence electrons. The molecule has 17 nitrogen and oxygen atoms in total. The van der Waals surface area contributed by atoms with Crippen LogP contribution in [0.25, 0.3) is 0 Å². The first-order valence-corrected chi connectivity index (χ1v) is 45.7. The number of hydrogen-bond donors (Lipinski definition) is 3. The van der Waals surface area contributed by atoms with Crippen LogP contribution in [0.15, 0.2) is 0 Å². The minimum atomic E-state index is -4.96. The van der Waals surface area contributed by atoms with Crippen molar-refractivity contribution in [3.05, 3.63) is 0 Å². The maximum Gasteiger partial charge on any atom is 0.472 e. The van der Waals surface area contributed by atoms with Gasteiger partial charge in [0.05, 0.1) is 26.4 Å². The van der Waals surface area contributed by atoms with Crippen molar-refractivity contribution in [3.63, 3.8) is 0 Å². The second-order valence-electron chi connectivity index (χ2n) is 31.5. The van der Waals surface area contributed by atoms with E-state index in [1.165, 1.54) is 225 Å². The number of hydrogen-bond acceptors (Lipinski definition) is 15. The molecule has 0 heterocycles. The smallest absolute Gasteiger partial charge is 0.462 e. The summed E-state index contributed by atoms with van der Waals surface area (Å²) >= 11 is 0. The highest BCUT2D eigenvalue weighted by atomic mass is 31.2. The average Bonchev–Trinajstić information content (AvgIpc) is 0.920. The van der Waals surface area contributed by atoms with Crippen LogP contribution in [0.4, 0.5) is 0 Å². The van der Waals surface area contributed by atoms with Crippen molar-refractivity contribution in [1.29, 1.82) is 0 Å². The number of phosphoric ester groups is 2. The highest BCUT2D eigenvalue weighted by Gasteiger charge is 2.30. The molecule has 19 heteroatoms. The molecule has 0 aromatic carbocycles. The van der Waals surface area contributed by atoms with Crippen molar-refractivity contribution in [1.82, 2.24) is 0 Å². The second-order valence-corrected chi connectivity index (χ2v) is 34.4. The van der Waals surface area contributed by atoms with Gasteiger partial charge in [0.15, 0.2) is 12.2 Å². The van der Waals surface area contributed by atoms with Gasteiger partial charge >= 0.3 is 39.5 Å². The van der Waals surface area contributed by atoms with Gasteiger partial charge in [0.1, 0.15) is 19.3 Å². The van der Waals surface area contributed by atoms with Crippen molar-refractivity contribution >= 4 is 39.5 Å². The SMILES string of the molecule is CCC(C)CCCCCCCCC(=O)OC[C@H](COP(=O)(O)OC[C@H](O)COP(=O)(O)OC[C@@H](COC(=O)CCCCCCCCCCCCCCCC(C)C)OC(=O)CCCCCCCCCCCCCCC(C)C)OC(=O)CCCCCCCCCCCCCCCCCCCCC(C)C. The number of carbonyl (C=O) groups excluding carboxylic acids is 4. The summed E-state index contributed by atoms with van der Waals surface area (Å²) in [5, 5.41) is 10.7. The molecule has 0 aromatic heterocycles. The Balaban J connectivity index is 5.21.